The van der Waals surface area contributed by atoms with Crippen LogP contribution in [-0.2, 0) is 4.79 Å². The molecule has 0 spiro atoms. The van der Waals surface area contributed by atoms with Gasteiger partial charge in [-0.1, -0.05) is 26.2 Å². The van der Waals surface area contributed by atoms with Crippen LogP contribution in [0.2, 0.25) is 0 Å². The van der Waals surface area contributed by atoms with Crippen molar-refractivity contribution >= 4 is 30.7 Å². The summed E-state index contributed by atoms with van der Waals surface area (Å²) in [5, 5.41) is 0. The van der Waals surface area contributed by atoms with Crippen molar-refractivity contribution in [3.05, 3.63) is 0 Å². The molecule has 3 aliphatic rings. The predicted octanol–water partition coefficient (Wildman–Crippen LogP) is 3.21. The van der Waals surface area contributed by atoms with Crippen LogP contribution in [0.25, 0.3) is 0 Å². The fraction of sp³-hybridized carbons (Fsp3) is 0.944. The summed E-state index contributed by atoms with van der Waals surface area (Å²) in [5.41, 5.74) is 6.20. The zero-order chi connectivity index (χ0) is 15.6. The van der Waals surface area contributed by atoms with Gasteiger partial charge in [-0.3, -0.25) is 4.79 Å². The molecule has 1 saturated carbocycles. The van der Waals surface area contributed by atoms with Crippen molar-refractivity contribution in [1.29, 1.82) is 0 Å². The van der Waals surface area contributed by atoms with E-state index in [1.54, 1.807) is 0 Å². The van der Waals surface area contributed by atoms with Crippen molar-refractivity contribution in [2.75, 3.05) is 26.2 Å². The molecule has 6 heteroatoms. The van der Waals surface area contributed by atoms with Gasteiger partial charge in [0.1, 0.15) is 0 Å². The van der Waals surface area contributed by atoms with Crippen LogP contribution in [-0.4, -0.2) is 54.0 Å². The van der Waals surface area contributed by atoms with E-state index in [9.17, 15) is 4.79 Å². The molecule has 2 N–H and O–H groups in total. The van der Waals surface area contributed by atoms with E-state index in [0.29, 0.717) is 31.0 Å². The molecule has 2 unspecified atom stereocenters. The summed E-state index contributed by atoms with van der Waals surface area (Å²) in [7, 11) is 0. The SMILES string of the molecule is CCN1CCC2CCC(C1)N2C(=O)CC1(CN)CCCCC1.Cl.Cl. The second-order valence-electron chi connectivity index (χ2n) is 7.81. The summed E-state index contributed by atoms with van der Waals surface area (Å²) in [5.74, 6) is 0.401. The van der Waals surface area contributed by atoms with Crippen molar-refractivity contribution in [3.63, 3.8) is 0 Å². The second kappa shape index (κ2) is 9.61. The number of likely N-dealkylation sites (N-methyl/N-ethyl adjacent to an activating group) is 1. The molecular formula is C18H35Cl2N3O. The molecule has 0 radical (unpaired) electrons. The molecule has 142 valence electrons. The number of likely N-dealkylation sites (tertiary alicyclic amines) is 1. The molecule has 2 heterocycles. The summed E-state index contributed by atoms with van der Waals surface area (Å²) < 4.78 is 0. The number of carbonyl (C=O) groups is 1. The van der Waals surface area contributed by atoms with E-state index in [0.717, 1.165) is 38.9 Å². The molecule has 4 nitrogen and oxygen atoms in total. The largest absolute Gasteiger partial charge is 0.335 e. The van der Waals surface area contributed by atoms with Crippen molar-refractivity contribution in [3.8, 4) is 0 Å². The van der Waals surface area contributed by atoms with Crippen LogP contribution < -0.4 is 5.73 Å². The molecule has 1 amide bonds. The van der Waals surface area contributed by atoms with Crippen LogP contribution >= 0.6 is 24.8 Å². The Morgan fingerprint density at radius 3 is 2.38 bits per heavy atom. The molecule has 1 aliphatic carbocycles. The zero-order valence-corrected chi connectivity index (χ0v) is 16.7. The van der Waals surface area contributed by atoms with Crippen LogP contribution in [0.3, 0.4) is 0 Å². The fourth-order valence-electron chi connectivity index (χ4n) is 5.01. The number of halogens is 2. The van der Waals surface area contributed by atoms with Gasteiger partial charge in [0.05, 0.1) is 0 Å². The number of carbonyl (C=O) groups excluding carboxylic acids is 1. The quantitative estimate of drug-likeness (QED) is 0.815. The average Bonchev–Trinajstić information content (AvgIpc) is 2.83. The Morgan fingerprint density at radius 2 is 1.75 bits per heavy atom. The Bertz CT molecular complexity index is 402. The third-order valence-corrected chi connectivity index (χ3v) is 6.48. The van der Waals surface area contributed by atoms with E-state index in [2.05, 4.69) is 16.7 Å². The highest BCUT2D eigenvalue weighted by molar-refractivity contribution is 5.85. The second-order valence-corrected chi connectivity index (χ2v) is 7.81. The number of hydrogen-bond acceptors (Lipinski definition) is 3. The smallest absolute Gasteiger partial charge is 0.223 e. The first-order chi connectivity index (χ1) is 10.7. The summed E-state index contributed by atoms with van der Waals surface area (Å²) >= 11 is 0. The third-order valence-electron chi connectivity index (χ3n) is 6.48. The summed E-state index contributed by atoms with van der Waals surface area (Å²) in [6.45, 7) is 6.26. The standard InChI is InChI=1S/C18H33N3O.2ClH/c1-2-20-11-8-15-6-7-16(13-20)21(15)17(22)12-18(14-19)9-4-3-5-10-18;;/h15-16H,2-14,19H2,1H3;2*1H. The summed E-state index contributed by atoms with van der Waals surface area (Å²) in [6.07, 6.45) is 10.4. The van der Waals surface area contributed by atoms with Gasteiger partial charge < -0.3 is 15.5 Å². The monoisotopic (exact) mass is 379 g/mol. The number of fused-ring (bicyclic) bond motifs is 2. The highest BCUT2D eigenvalue weighted by atomic mass is 35.5. The number of nitrogens with two attached hydrogens (primary N) is 1. The van der Waals surface area contributed by atoms with Gasteiger partial charge in [0.2, 0.25) is 5.91 Å². The van der Waals surface area contributed by atoms with Gasteiger partial charge in [-0.25, -0.2) is 0 Å². The molecule has 2 saturated heterocycles. The molecule has 2 bridgehead atoms. The Labute approximate surface area is 159 Å². The number of rotatable bonds is 4. The predicted molar refractivity (Wildman–Crippen MR) is 104 cm³/mol. The van der Waals surface area contributed by atoms with Gasteiger partial charge >= 0.3 is 0 Å². The molecule has 24 heavy (non-hydrogen) atoms. The maximum absolute atomic E-state index is 13.1. The van der Waals surface area contributed by atoms with Crippen LogP contribution in [0.15, 0.2) is 0 Å². The average molecular weight is 380 g/mol. The third kappa shape index (κ3) is 4.57. The van der Waals surface area contributed by atoms with E-state index >= 15 is 0 Å². The van der Waals surface area contributed by atoms with E-state index in [-0.39, 0.29) is 30.2 Å². The van der Waals surface area contributed by atoms with Gasteiger partial charge in [0.15, 0.2) is 0 Å². The van der Waals surface area contributed by atoms with Crippen molar-refractivity contribution < 1.29 is 4.79 Å². The van der Waals surface area contributed by atoms with E-state index in [1.165, 1.54) is 32.1 Å². The first kappa shape index (κ1) is 22.0. The molecule has 2 aliphatic heterocycles. The molecular weight excluding hydrogens is 345 g/mol. The van der Waals surface area contributed by atoms with Crippen LogP contribution in [0.1, 0.15) is 64.7 Å². The maximum Gasteiger partial charge on any atom is 0.223 e. The Kier molecular flexibility index (Phi) is 8.81. The fourth-order valence-corrected chi connectivity index (χ4v) is 5.01. The summed E-state index contributed by atoms with van der Waals surface area (Å²) in [6, 6.07) is 0.950. The first-order valence-corrected chi connectivity index (χ1v) is 9.41. The topological polar surface area (TPSA) is 49.6 Å². The van der Waals surface area contributed by atoms with Crippen LogP contribution in [0, 0.1) is 5.41 Å². The van der Waals surface area contributed by atoms with Crippen LogP contribution in [0.4, 0.5) is 0 Å². The molecule has 3 fully saturated rings. The lowest BCUT2D eigenvalue weighted by molar-refractivity contribution is -0.137. The van der Waals surface area contributed by atoms with Gasteiger partial charge in [-0.05, 0) is 50.6 Å². The highest BCUT2D eigenvalue weighted by Crippen LogP contribution is 2.40. The van der Waals surface area contributed by atoms with E-state index < -0.39 is 0 Å². The number of hydrogen-bond donors (Lipinski definition) is 1. The molecule has 0 aromatic rings. The zero-order valence-electron chi connectivity index (χ0n) is 15.0. The minimum atomic E-state index is 0. The first-order valence-electron chi connectivity index (χ1n) is 9.41. The number of amides is 1. The van der Waals surface area contributed by atoms with E-state index in [4.69, 9.17) is 5.73 Å². The maximum atomic E-state index is 13.1. The van der Waals surface area contributed by atoms with Gasteiger partial charge in [-0.2, -0.15) is 0 Å². The molecule has 3 rings (SSSR count). The minimum absolute atomic E-state index is 0. The van der Waals surface area contributed by atoms with Gasteiger partial charge in [0.25, 0.3) is 0 Å². The Morgan fingerprint density at radius 1 is 1.08 bits per heavy atom. The number of nitrogens with zero attached hydrogens (tertiary/aromatic N) is 2. The van der Waals surface area contributed by atoms with Crippen molar-refractivity contribution in [2.45, 2.75) is 76.8 Å². The minimum Gasteiger partial charge on any atom is -0.335 e. The lowest BCUT2D eigenvalue weighted by Crippen LogP contribution is -2.46. The highest BCUT2D eigenvalue weighted by Gasteiger charge is 2.42. The van der Waals surface area contributed by atoms with E-state index in [1.807, 2.05) is 0 Å². The molecule has 0 aromatic heterocycles. The molecule has 2 atom stereocenters. The van der Waals surface area contributed by atoms with Crippen molar-refractivity contribution in [1.82, 2.24) is 9.80 Å². The van der Waals surface area contributed by atoms with Gasteiger partial charge in [0, 0.05) is 31.6 Å². The lowest BCUT2D eigenvalue weighted by Gasteiger charge is -2.38. The molecule has 0 aromatic carbocycles. The Balaban J connectivity index is 0.00000144. The van der Waals surface area contributed by atoms with Gasteiger partial charge in [-0.15, -0.1) is 24.8 Å². The summed E-state index contributed by atoms with van der Waals surface area (Å²) in [4.78, 5) is 17.9. The normalized spacial score (nSPS) is 29.3. The lowest BCUT2D eigenvalue weighted by atomic mass is 9.71. The van der Waals surface area contributed by atoms with Crippen LogP contribution in [0.5, 0.6) is 0 Å². The Hall–Kier alpha value is -0.0300. The van der Waals surface area contributed by atoms with Crippen molar-refractivity contribution in [2.24, 2.45) is 11.1 Å².